The smallest absolute Gasteiger partial charge is 0.347 e. The number of carbonyl (C=O) groups is 2. The molecule has 2 atom stereocenters. The Hall–Kier alpha value is -2.30. The number of Topliss-reactive ketones (excluding diaryl/α,β-unsaturated/α-hetero) is 1. The van der Waals surface area contributed by atoms with Crippen LogP contribution in [0.25, 0.3) is 0 Å². The van der Waals surface area contributed by atoms with Gasteiger partial charge in [0.05, 0.1) is 6.61 Å². The Morgan fingerprint density at radius 1 is 1.36 bits per heavy atom. The van der Waals surface area contributed by atoms with Gasteiger partial charge in [-0.3, -0.25) is 4.79 Å². The summed E-state index contributed by atoms with van der Waals surface area (Å²) in [5.41, 5.74) is 2.49. The van der Waals surface area contributed by atoms with Gasteiger partial charge in [-0.2, -0.15) is 0 Å². The van der Waals surface area contributed by atoms with Crippen LogP contribution in [0.15, 0.2) is 35.7 Å². The van der Waals surface area contributed by atoms with Gasteiger partial charge in [0.1, 0.15) is 0 Å². The molecule has 1 aromatic rings. The summed E-state index contributed by atoms with van der Waals surface area (Å²) in [4.78, 5) is 23.6. The maximum Gasteiger partial charge on any atom is 0.347 e. The Bertz CT molecular complexity index is 633. The van der Waals surface area contributed by atoms with Crippen LogP contribution in [-0.4, -0.2) is 31.0 Å². The Labute approximate surface area is 129 Å². The monoisotopic (exact) mass is 301 g/mol. The van der Waals surface area contributed by atoms with Crippen molar-refractivity contribution >= 4 is 11.8 Å². The highest BCUT2D eigenvalue weighted by atomic mass is 16.5. The van der Waals surface area contributed by atoms with Gasteiger partial charge in [-0.15, -0.1) is 0 Å². The standard InChI is InChI=1S/C17H19NO4/c1-3-21-17(20)15-14(19)9-22-16(15)18-13-8-12(13)11-6-4-10(2)5-7-11/h4-7,12-13,18H,3,8-9H2,1-2H3/t12-,13+/m0/s1. The molecule has 1 N–H and O–H groups in total. The highest BCUT2D eigenvalue weighted by Crippen LogP contribution is 2.41. The van der Waals surface area contributed by atoms with Crippen molar-refractivity contribution in [3.05, 3.63) is 46.8 Å². The number of nitrogens with one attached hydrogen (secondary N) is 1. The molecule has 1 saturated carbocycles. The first-order chi connectivity index (χ1) is 10.6. The highest BCUT2D eigenvalue weighted by Gasteiger charge is 2.42. The average Bonchev–Trinajstić information content (AvgIpc) is 3.15. The van der Waals surface area contributed by atoms with E-state index in [2.05, 4.69) is 36.5 Å². The van der Waals surface area contributed by atoms with Gasteiger partial charge in [-0.1, -0.05) is 29.8 Å². The van der Waals surface area contributed by atoms with Crippen molar-refractivity contribution in [3.63, 3.8) is 0 Å². The molecule has 1 fully saturated rings. The molecule has 0 amide bonds. The van der Waals surface area contributed by atoms with E-state index in [1.54, 1.807) is 6.92 Å². The number of ether oxygens (including phenoxy) is 2. The lowest BCUT2D eigenvalue weighted by Crippen LogP contribution is -2.22. The first-order valence-corrected chi connectivity index (χ1v) is 7.50. The number of carbonyl (C=O) groups excluding carboxylic acids is 2. The molecule has 2 aliphatic rings. The molecule has 1 aromatic carbocycles. The minimum Gasteiger partial charge on any atom is -0.470 e. The molecule has 1 heterocycles. The van der Waals surface area contributed by atoms with E-state index in [1.165, 1.54) is 11.1 Å². The van der Waals surface area contributed by atoms with Crippen LogP contribution in [0, 0.1) is 6.92 Å². The molecule has 1 aliphatic carbocycles. The third-order valence-corrected chi connectivity index (χ3v) is 3.95. The van der Waals surface area contributed by atoms with E-state index in [0.29, 0.717) is 5.92 Å². The fraction of sp³-hybridized carbons (Fsp3) is 0.412. The van der Waals surface area contributed by atoms with Crippen molar-refractivity contribution in [1.82, 2.24) is 5.32 Å². The van der Waals surface area contributed by atoms with E-state index < -0.39 is 5.97 Å². The summed E-state index contributed by atoms with van der Waals surface area (Å²) in [6, 6.07) is 8.59. The summed E-state index contributed by atoms with van der Waals surface area (Å²) in [6.07, 6.45) is 0.959. The molecular weight excluding hydrogens is 282 g/mol. The Balaban J connectivity index is 1.69. The zero-order chi connectivity index (χ0) is 15.7. The van der Waals surface area contributed by atoms with Crippen LogP contribution in [0.5, 0.6) is 0 Å². The summed E-state index contributed by atoms with van der Waals surface area (Å²) in [5, 5.41) is 3.17. The SMILES string of the molecule is CCOC(=O)C1=C(N[C@@H]2C[C@H]2c2ccc(C)cc2)OCC1=O. The van der Waals surface area contributed by atoms with E-state index in [0.717, 1.165) is 6.42 Å². The van der Waals surface area contributed by atoms with E-state index in [-0.39, 0.29) is 36.5 Å². The molecule has 1 aliphatic heterocycles. The summed E-state index contributed by atoms with van der Waals surface area (Å²) < 4.78 is 10.2. The van der Waals surface area contributed by atoms with Gasteiger partial charge >= 0.3 is 5.97 Å². The van der Waals surface area contributed by atoms with Crippen LogP contribution in [-0.2, 0) is 19.1 Å². The van der Waals surface area contributed by atoms with Crippen molar-refractivity contribution in [2.24, 2.45) is 0 Å². The predicted molar refractivity (Wildman–Crippen MR) is 80.1 cm³/mol. The van der Waals surface area contributed by atoms with Crippen LogP contribution in [0.4, 0.5) is 0 Å². The first-order valence-electron chi connectivity index (χ1n) is 7.50. The molecule has 5 heteroatoms. The highest BCUT2D eigenvalue weighted by molar-refractivity contribution is 6.19. The molecule has 3 rings (SSSR count). The summed E-state index contributed by atoms with van der Waals surface area (Å²) in [5.74, 6) is -0.285. The topological polar surface area (TPSA) is 64.6 Å². The van der Waals surface area contributed by atoms with Crippen molar-refractivity contribution in [2.75, 3.05) is 13.2 Å². The van der Waals surface area contributed by atoms with Crippen LogP contribution >= 0.6 is 0 Å². The van der Waals surface area contributed by atoms with Gasteiger partial charge in [0.2, 0.25) is 11.7 Å². The summed E-state index contributed by atoms with van der Waals surface area (Å²) in [6.45, 7) is 3.90. The van der Waals surface area contributed by atoms with E-state index >= 15 is 0 Å². The van der Waals surface area contributed by atoms with Gasteiger partial charge in [-0.05, 0) is 25.8 Å². The second kappa shape index (κ2) is 5.83. The fourth-order valence-electron chi connectivity index (χ4n) is 2.64. The minimum atomic E-state index is -0.611. The molecule has 0 unspecified atom stereocenters. The number of esters is 1. The van der Waals surface area contributed by atoms with Crippen molar-refractivity contribution in [1.29, 1.82) is 0 Å². The molecule has 0 radical (unpaired) electrons. The third kappa shape index (κ3) is 2.84. The molecule has 5 nitrogen and oxygen atoms in total. The molecular formula is C17H19NO4. The van der Waals surface area contributed by atoms with Crippen molar-refractivity contribution in [3.8, 4) is 0 Å². The van der Waals surface area contributed by atoms with Crippen molar-refractivity contribution in [2.45, 2.75) is 32.2 Å². The quantitative estimate of drug-likeness (QED) is 0.664. The predicted octanol–water partition coefficient (Wildman–Crippen LogP) is 1.81. The second-order valence-corrected chi connectivity index (χ2v) is 5.64. The Kier molecular flexibility index (Phi) is 3.88. The number of ketones is 1. The Morgan fingerprint density at radius 3 is 2.77 bits per heavy atom. The van der Waals surface area contributed by atoms with Crippen LogP contribution in [0.1, 0.15) is 30.4 Å². The lowest BCUT2D eigenvalue weighted by atomic mass is 10.1. The van der Waals surface area contributed by atoms with Gasteiger partial charge in [-0.25, -0.2) is 4.79 Å². The summed E-state index contributed by atoms with van der Waals surface area (Å²) in [7, 11) is 0. The maximum absolute atomic E-state index is 11.8. The normalized spacial score (nSPS) is 23.3. The number of aryl methyl sites for hydroxylation is 1. The fourth-order valence-corrected chi connectivity index (χ4v) is 2.64. The van der Waals surface area contributed by atoms with Gasteiger partial charge in [0.15, 0.2) is 12.2 Å². The minimum absolute atomic E-state index is 0.0106. The largest absolute Gasteiger partial charge is 0.470 e. The van der Waals surface area contributed by atoms with Crippen LogP contribution in [0.2, 0.25) is 0 Å². The molecule has 0 aromatic heterocycles. The summed E-state index contributed by atoms with van der Waals surface area (Å²) >= 11 is 0. The van der Waals surface area contributed by atoms with Crippen LogP contribution in [0.3, 0.4) is 0 Å². The lowest BCUT2D eigenvalue weighted by Gasteiger charge is -2.08. The third-order valence-electron chi connectivity index (χ3n) is 3.95. The van der Waals surface area contributed by atoms with Gasteiger partial charge in [0.25, 0.3) is 0 Å². The maximum atomic E-state index is 11.8. The second-order valence-electron chi connectivity index (χ2n) is 5.64. The number of benzene rings is 1. The number of rotatable bonds is 5. The van der Waals surface area contributed by atoms with Crippen molar-refractivity contribution < 1.29 is 19.1 Å². The van der Waals surface area contributed by atoms with Gasteiger partial charge in [0, 0.05) is 12.0 Å². The van der Waals surface area contributed by atoms with Crippen LogP contribution < -0.4 is 5.32 Å². The molecule has 116 valence electrons. The number of hydrogen-bond acceptors (Lipinski definition) is 5. The average molecular weight is 301 g/mol. The molecule has 0 saturated heterocycles. The zero-order valence-electron chi connectivity index (χ0n) is 12.7. The number of hydrogen-bond donors (Lipinski definition) is 1. The lowest BCUT2D eigenvalue weighted by molar-refractivity contribution is -0.139. The zero-order valence-corrected chi connectivity index (χ0v) is 12.7. The molecule has 22 heavy (non-hydrogen) atoms. The van der Waals surface area contributed by atoms with E-state index in [1.807, 2.05) is 0 Å². The Morgan fingerprint density at radius 2 is 2.09 bits per heavy atom. The molecule has 0 bridgehead atoms. The van der Waals surface area contributed by atoms with E-state index in [9.17, 15) is 9.59 Å². The first kappa shape index (κ1) is 14.6. The molecule has 0 spiro atoms. The van der Waals surface area contributed by atoms with E-state index in [4.69, 9.17) is 9.47 Å². The van der Waals surface area contributed by atoms with Gasteiger partial charge < -0.3 is 14.8 Å².